The number of non-ortho nitro benzene ring substituents is 1. The van der Waals surface area contributed by atoms with Crippen LogP contribution in [0, 0.1) is 17.0 Å². The minimum absolute atomic E-state index is 0.103. The molecule has 0 amide bonds. The molecule has 18 heavy (non-hydrogen) atoms. The number of anilines is 1. The minimum Gasteiger partial charge on any atom is -0.384 e. The smallest absolute Gasteiger partial charge is 0.269 e. The summed E-state index contributed by atoms with van der Waals surface area (Å²) in [6.07, 6.45) is 0. The Labute approximate surface area is 108 Å². The number of hydrogen-bond donors (Lipinski definition) is 2. The first-order valence-electron chi connectivity index (χ1n) is 6.03. The Morgan fingerprint density at radius 1 is 1.28 bits per heavy atom. The zero-order chi connectivity index (χ0) is 13.8. The van der Waals surface area contributed by atoms with Gasteiger partial charge < -0.3 is 10.6 Å². The number of benzene rings is 1. The maximum atomic E-state index is 10.6. The van der Waals surface area contributed by atoms with Crippen molar-refractivity contribution in [2.75, 3.05) is 18.4 Å². The van der Waals surface area contributed by atoms with Crippen molar-refractivity contribution in [3.63, 3.8) is 0 Å². The van der Waals surface area contributed by atoms with E-state index in [4.69, 9.17) is 0 Å². The van der Waals surface area contributed by atoms with Gasteiger partial charge in [0.25, 0.3) is 5.69 Å². The number of nitrogens with one attached hydrogen (secondary N) is 2. The molecule has 0 spiro atoms. The summed E-state index contributed by atoms with van der Waals surface area (Å²) in [5.74, 6) is 0. The van der Waals surface area contributed by atoms with Crippen LogP contribution in [-0.4, -0.2) is 23.6 Å². The summed E-state index contributed by atoms with van der Waals surface area (Å²) < 4.78 is 0. The van der Waals surface area contributed by atoms with Gasteiger partial charge >= 0.3 is 0 Å². The van der Waals surface area contributed by atoms with Gasteiger partial charge in [-0.05, 0) is 39.3 Å². The Kier molecular flexibility index (Phi) is 4.67. The molecule has 0 aliphatic heterocycles. The number of hydrogen-bond acceptors (Lipinski definition) is 4. The average molecular weight is 251 g/mol. The summed E-state index contributed by atoms with van der Waals surface area (Å²) in [4.78, 5) is 10.2. The molecule has 0 atom stereocenters. The van der Waals surface area contributed by atoms with Crippen LogP contribution >= 0.6 is 0 Å². The number of nitro groups is 1. The van der Waals surface area contributed by atoms with E-state index in [0.29, 0.717) is 0 Å². The second-order valence-electron chi connectivity index (χ2n) is 5.36. The Balaban J connectivity index is 2.51. The monoisotopic (exact) mass is 251 g/mol. The number of aryl methyl sites for hydroxylation is 1. The van der Waals surface area contributed by atoms with Crippen LogP contribution in [0.25, 0.3) is 0 Å². The summed E-state index contributed by atoms with van der Waals surface area (Å²) in [7, 11) is 0. The summed E-state index contributed by atoms with van der Waals surface area (Å²) in [6, 6.07) is 4.86. The van der Waals surface area contributed by atoms with Crippen LogP contribution in [0.4, 0.5) is 11.4 Å². The van der Waals surface area contributed by atoms with Crippen LogP contribution in [0.3, 0.4) is 0 Å². The van der Waals surface area contributed by atoms with Gasteiger partial charge in [0.1, 0.15) is 0 Å². The summed E-state index contributed by atoms with van der Waals surface area (Å²) >= 11 is 0. The first kappa shape index (κ1) is 14.4. The highest BCUT2D eigenvalue weighted by Crippen LogP contribution is 2.20. The van der Waals surface area contributed by atoms with Crippen molar-refractivity contribution in [3.8, 4) is 0 Å². The van der Waals surface area contributed by atoms with Crippen molar-refractivity contribution in [2.24, 2.45) is 0 Å². The Hall–Kier alpha value is -1.62. The van der Waals surface area contributed by atoms with Crippen molar-refractivity contribution in [1.82, 2.24) is 5.32 Å². The number of nitrogens with zero attached hydrogens (tertiary/aromatic N) is 1. The van der Waals surface area contributed by atoms with Gasteiger partial charge in [0, 0.05) is 36.4 Å². The van der Waals surface area contributed by atoms with E-state index in [-0.39, 0.29) is 16.1 Å². The predicted octanol–water partition coefficient (Wildman–Crippen LogP) is 2.70. The zero-order valence-corrected chi connectivity index (χ0v) is 11.4. The van der Waals surface area contributed by atoms with Crippen LogP contribution in [0.15, 0.2) is 18.2 Å². The van der Waals surface area contributed by atoms with Crippen LogP contribution < -0.4 is 10.6 Å². The SMILES string of the molecule is Cc1cc([N+](=O)[O-])ccc1NCCNC(C)(C)C. The maximum Gasteiger partial charge on any atom is 0.269 e. The van der Waals surface area contributed by atoms with Crippen LogP contribution in [-0.2, 0) is 0 Å². The molecular formula is C13H21N3O2. The van der Waals surface area contributed by atoms with E-state index in [1.165, 1.54) is 6.07 Å². The fraction of sp³-hybridized carbons (Fsp3) is 0.538. The second-order valence-corrected chi connectivity index (χ2v) is 5.36. The van der Waals surface area contributed by atoms with Gasteiger partial charge in [-0.2, -0.15) is 0 Å². The van der Waals surface area contributed by atoms with E-state index in [2.05, 4.69) is 31.4 Å². The molecule has 0 fully saturated rings. The molecule has 5 heteroatoms. The molecule has 2 N–H and O–H groups in total. The Morgan fingerprint density at radius 2 is 1.94 bits per heavy atom. The fourth-order valence-corrected chi connectivity index (χ4v) is 1.59. The van der Waals surface area contributed by atoms with Crippen molar-refractivity contribution >= 4 is 11.4 Å². The molecular weight excluding hydrogens is 230 g/mol. The third-order valence-corrected chi connectivity index (χ3v) is 2.52. The molecule has 1 rings (SSSR count). The van der Waals surface area contributed by atoms with E-state index in [9.17, 15) is 10.1 Å². The molecule has 0 aromatic heterocycles. The summed E-state index contributed by atoms with van der Waals surface area (Å²) in [5, 5.41) is 17.2. The van der Waals surface area contributed by atoms with Crippen molar-refractivity contribution in [3.05, 3.63) is 33.9 Å². The molecule has 0 heterocycles. The lowest BCUT2D eigenvalue weighted by atomic mass is 10.1. The van der Waals surface area contributed by atoms with Crippen LogP contribution in [0.1, 0.15) is 26.3 Å². The molecule has 0 radical (unpaired) electrons. The molecule has 0 saturated carbocycles. The molecule has 0 bridgehead atoms. The third-order valence-electron chi connectivity index (χ3n) is 2.52. The Morgan fingerprint density at radius 3 is 2.44 bits per heavy atom. The normalized spacial score (nSPS) is 11.3. The molecule has 5 nitrogen and oxygen atoms in total. The number of nitro benzene ring substituents is 1. The fourth-order valence-electron chi connectivity index (χ4n) is 1.59. The maximum absolute atomic E-state index is 10.6. The van der Waals surface area contributed by atoms with Gasteiger partial charge in [-0.25, -0.2) is 0 Å². The minimum atomic E-state index is -0.377. The summed E-state index contributed by atoms with van der Waals surface area (Å²) in [5.41, 5.74) is 2.06. The van der Waals surface area contributed by atoms with E-state index in [0.717, 1.165) is 24.3 Å². The largest absolute Gasteiger partial charge is 0.384 e. The number of rotatable bonds is 5. The molecule has 0 saturated heterocycles. The third kappa shape index (κ3) is 4.71. The molecule has 1 aromatic carbocycles. The van der Waals surface area contributed by atoms with Gasteiger partial charge in [-0.15, -0.1) is 0 Å². The van der Waals surface area contributed by atoms with Gasteiger partial charge in [0.15, 0.2) is 0 Å². The highest BCUT2D eigenvalue weighted by molar-refractivity contribution is 5.55. The van der Waals surface area contributed by atoms with Crippen molar-refractivity contribution in [1.29, 1.82) is 0 Å². The van der Waals surface area contributed by atoms with Crippen molar-refractivity contribution < 1.29 is 4.92 Å². The first-order chi connectivity index (χ1) is 8.29. The quantitative estimate of drug-likeness (QED) is 0.479. The topological polar surface area (TPSA) is 67.2 Å². The summed E-state index contributed by atoms with van der Waals surface area (Å²) in [6.45, 7) is 9.85. The van der Waals surface area contributed by atoms with Crippen LogP contribution in [0.5, 0.6) is 0 Å². The Bertz CT molecular complexity index is 425. The highest BCUT2D eigenvalue weighted by Gasteiger charge is 2.09. The molecule has 0 aliphatic rings. The van der Waals surface area contributed by atoms with E-state index >= 15 is 0 Å². The van der Waals surface area contributed by atoms with Crippen molar-refractivity contribution in [2.45, 2.75) is 33.2 Å². The highest BCUT2D eigenvalue weighted by atomic mass is 16.6. The lowest BCUT2D eigenvalue weighted by molar-refractivity contribution is -0.384. The van der Waals surface area contributed by atoms with Gasteiger partial charge in [0.05, 0.1) is 4.92 Å². The zero-order valence-electron chi connectivity index (χ0n) is 11.4. The molecule has 1 aromatic rings. The van der Waals surface area contributed by atoms with Gasteiger partial charge in [0.2, 0.25) is 0 Å². The van der Waals surface area contributed by atoms with E-state index in [1.807, 2.05) is 6.92 Å². The van der Waals surface area contributed by atoms with Crippen LogP contribution in [0.2, 0.25) is 0 Å². The lowest BCUT2D eigenvalue weighted by Gasteiger charge is -2.21. The van der Waals surface area contributed by atoms with E-state index in [1.54, 1.807) is 12.1 Å². The molecule has 0 unspecified atom stereocenters. The van der Waals surface area contributed by atoms with E-state index < -0.39 is 0 Å². The lowest BCUT2D eigenvalue weighted by Crippen LogP contribution is -2.38. The standard InChI is InChI=1S/C13H21N3O2/c1-10-9-11(16(17)18)5-6-12(10)14-7-8-15-13(2,3)4/h5-6,9,14-15H,7-8H2,1-4H3. The van der Waals surface area contributed by atoms with Gasteiger partial charge in [-0.3, -0.25) is 10.1 Å². The molecule has 0 aliphatic carbocycles. The van der Waals surface area contributed by atoms with Gasteiger partial charge in [-0.1, -0.05) is 0 Å². The predicted molar refractivity (Wildman–Crippen MR) is 74.1 cm³/mol. The molecule has 100 valence electrons. The first-order valence-corrected chi connectivity index (χ1v) is 6.03. The average Bonchev–Trinajstić information content (AvgIpc) is 2.24. The second kappa shape index (κ2) is 5.82.